The highest BCUT2D eigenvalue weighted by molar-refractivity contribution is 5.86. The molecule has 0 spiro atoms. The summed E-state index contributed by atoms with van der Waals surface area (Å²) in [6, 6.07) is 3.28. The molecule has 3 rings (SSSR count). The van der Waals surface area contributed by atoms with Gasteiger partial charge in [0.2, 0.25) is 0 Å². The Kier molecular flexibility index (Phi) is 6.39. The van der Waals surface area contributed by atoms with Crippen molar-refractivity contribution in [2.45, 2.75) is 53.0 Å². The molecule has 1 aliphatic heterocycles. The first-order valence-corrected chi connectivity index (χ1v) is 10.0. The predicted molar refractivity (Wildman–Crippen MR) is 108 cm³/mol. The first-order chi connectivity index (χ1) is 13.4. The lowest BCUT2D eigenvalue weighted by atomic mass is 9.96. The molecular weight excluding hydrogens is 358 g/mol. The Bertz CT molecular complexity index is 917. The normalized spacial score (nSPS) is 17.8. The maximum atomic E-state index is 12.0. The van der Waals surface area contributed by atoms with Crippen molar-refractivity contribution in [2.75, 3.05) is 19.7 Å². The molecule has 6 heteroatoms. The number of piperidine rings is 1. The van der Waals surface area contributed by atoms with Gasteiger partial charge in [0.05, 0.1) is 12.2 Å². The lowest BCUT2D eigenvalue weighted by molar-refractivity contribution is -0.143. The van der Waals surface area contributed by atoms with E-state index < -0.39 is 5.63 Å². The van der Waals surface area contributed by atoms with E-state index in [0.29, 0.717) is 42.2 Å². The van der Waals surface area contributed by atoms with E-state index in [1.54, 1.807) is 6.92 Å². The van der Waals surface area contributed by atoms with Gasteiger partial charge >= 0.3 is 11.6 Å². The molecule has 2 aromatic rings. The Morgan fingerprint density at radius 3 is 2.89 bits per heavy atom. The lowest BCUT2D eigenvalue weighted by Crippen LogP contribution is -2.33. The zero-order valence-electron chi connectivity index (χ0n) is 16.9. The number of phenolic OH excluding ortho intramolecular Hbond substituents is 1. The topological polar surface area (TPSA) is 80.0 Å². The molecule has 0 saturated carbocycles. The Morgan fingerprint density at radius 1 is 1.39 bits per heavy atom. The number of benzene rings is 1. The summed E-state index contributed by atoms with van der Waals surface area (Å²) in [7, 11) is 0. The number of fused-ring (bicyclic) bond motifs is 1. The van der Waals surface area contributed by atoms with E-state index in [2.05, 4.69) is 11.8 Å². The molecule has 0 amide bonds. The van der Waals surface area contributed by atoms with Gasteiger partial charge in [-0.05, 0) is 62.8 Å². The van der Waals surface area contributed by atoms with Gasteiger partial charge in [-0.15, -0.1) is 0 Å². The van der Waals surface area contributed by atoms with Crippen LogP contribution in [0.1, 0.15) is 49.8 Å². The summed E-state index contributed by atoms with van der Waals surface area (Å²) in [5, 5.41) is 11.8. The van der Waals surface area contributed by atoms with Crippen molar-refractivity contribution in [2.24, 2.45) is 5.92 Å². The molecular formula is C22H29NO5. The van der Waals surface area contributed by atoms with Crippen LogP contribution in [-0.4, -0.2) is 35.7 Å². The van der Waals surface area contributed by atoms with Crippen molar-refractivity contribution in [1.82, 2.24) is 4.90 Å². The summed E-state index contributed by atoms with van der Waals surface area (Å²) in [4.78, 5) is 26.0. The Balaban J connectivity index is 2.01. The largest absolute Gasteiger partial charge is 0.507 e. The van der Waals surface area contributed by atoms with Gasteiger partial charge in [0.25, 0.3) is 0 Å². The number of carbonyl (C=O) groups is 1. The number of carbonyl (C=O) groups excluding carboxylic acids is 1. The van der Waals surface area contributed by atoms with Crippen LogP contribution in [0.15, 0.2) is 21.3 Å². The summed E-state index contributed by atoms with van der Waals surface area (Å²) < 4.78 is 10.5. The van der Waals surface area contributed by atoms with Crippen molar-refractivity contribution >= 4 is 16.9 Å². The van der Waals surface area contributed by atoms with Crippen LogP contribution < -0.4 is 5.63 Å². The number of hydrogen-bond donors (Lipinski definition) is 1. The highest BCUT2D eigenvalue weighted by atomic mass is 16.5. The molecule has 0 aliphatic carbocycles. The van der Waals surface area contributed by atoms with Crippen molar-refractivity contribution < 1.29 is 19.1 Å². The summed E-state index contributed by atoms with van der Waals surface area (Å²) >= 11 is 0. The van der Waals surface area contributed by atoms with Crippen LogP contribution in [0.25, 0.3) is 11.0 Å². The van der Waals surface area contributed by atoms with Crippen molar-refractivity contribution in [3.8, 4) is 5.75 Å². The van der Waals surface area contributed by atoms with Crippen molar-refractivity contribution in [1.29, 1.82) is 0 Å². The van der Waals surface area contributed by atoms with Gasteiger partial charge in [-0.2, -0.15) is 0 Å². The SMILES string of the molecule is CCOC(=O)CCc1cc2c(C)cc(=O)oc2c(CN2CCCC(C)C2)c1O. The number of ether oxygens (including phenoxy) is 1. The van der Waals surface area contributed by atoms with E-state index in [-0.39, 0.29) is 18.1 Å². The molecule has 1 aromatic carbocycles. The molecule has 1 aromatic heterocycles. The van der Waals surface area contributed by atoms with Crippen LogP contribution in [0.4, 0.5) is 0 Å². The summed E-state index contributed by atoms with van der Waals surface area (Å²) in [6.07, 6.45) is 2.90. The van der Waals surface area contributed by atoms with Crippen LogP contribution in [0.2, 0.25) is 0 Å². The molecule has 0 bridgehead atoms. The van der Waals surface area contributed by atoms with Crippen LogP contribution in [0, 0.1) is 12.8 Å². The third kappa shape index (κ3) is 4.55. The van der Waals surface area contributed by atoms with E-state index in [4.69, 9.17) is 9.15 Å². The minimum atomic E-state index is -0.420. The molecule has 6 nitrogen and oxygen atoms in total. The maximum absolute atomic E-state index is 12.0. The van der Waals surface area contributed by atoms with Crippen molar-refractivity contribution in [3.05, 3.63) is 39.2 Å². The second-order valence-corrected chi connectivity index (χ2v) is 7.78. The van der Waals surface area contributed by atoms with E-state index in [0.717, 1.165) is 30.5 Å². The molecule has 2 heterocycles. The van der Waals surface area contributed by atoms with Gasteiger partial charge in [-0.3, -0.25) is 9.69 Å². The third-order valence-electron chi connectivity index (χ3n) is 5.42. The van der Waals surface area contributed by atoms with Crippen LogP contribution >= 0.6 is 0 Å². The highest BCUT2D eigenvalue weighted by Crippen LogP contribution is 2.34. The average molecular weight is 387 g/mol. The number of rotatable bonds is 6. The van der Waals surface area contributed by atoms with Gasteiger partial charge in [0.15, 0.2) is 0 Å². The minimum Gasteiger partial charge on any atom is -0.507 e. The Morgan fingerprint density at radius 2 is 2.18 bits per heavy atom. The van der Waals surface area contributed by atoms with Crippen molar-refractivity contribution in [3.63, 3.8) is 0 Å². The maximum Gasteiger partial charge on any atom is 0.336 e. The molecule has 152 valence electrons. The van der Waals surface area contributed by atoms with Crippen LogP contribution in [-0.2, 0) is 22.5 Å². The number of esters is 1. The predicted octanol–water partition coefficient (Wildman–Crippen LogP) is 3.53. The molecule has 0 radical (unpaired) electrons. The minimum absolute atomic E-state index is 0.115. The zero-order chi connectivity index (χ0) is 20.3. The van der Waals surface area contributed by atoms with Crippen LogP contribution in [0.5, 0.6) is 5.75 Å². The third-order valence-corrected chi connectivity index (χ3v) is 5.42. The quantitative estimate of drug-likeness (QED) is 0.603. The first kappa shape index (κ1) is 20.4. The van der Waals surface area contributed by atoms with E-state index in [1.807, 2.05) is 13.0 Å². The van der Waals surface area contributed by atoms with Crippen LogP contribution in [0.3, 0.4) is 0 Å². The van der Waals surface area contributed by atoms with E-state index in [9.17, 15) is 14.7 Å². The Hall–Kier alpha value is -2.34. The fraction of sp³-hybridized carbons (Fsp3) is 0.545. The van der Waals surface area contributed by atoms with Gasteiger partial charge in [0, 0.05) is 31.0 Å². The van der Waals surface area contributed by atoms with Gasteiger partial charge in [0.1, 0.15) is 11.3 Å². The molecule has 28 heavy (non-hydrogen) atoms. The average Bonchev–Trinajstić information content (AvgIpc) is 2.63. The number of nitrogens with zero attached hydrogens (tertiary/aromatic N) is 1. The number of hydrogen-bond acceptors (Lipinski definition) is 6. The summed E-state index contributed by atoms with van der Waals surface area (Å²) in [5.41, 5.74) is 2.14. The fourth-order valence-corrected chi connectivity index (χ4v) is 4.03. The second-order valence-electron chi connectivity index (χ2n) is 7.78. The fourth-order valence-electron chi connectivity index (χ4n) is 4.03. The number of phenols is 1. The first-order valence-electron chi connectivity index (χ1n) is 10.0. The number of aromatic hydroxyl groups is 1. The molecule has 1 atom stereocenters. The van der Waals surface area contributed by atoms with E-state index >= 15 is 0 Å². The lowest BCUT2D eigenvalue weighted by Gasteiger charge is -2.31. The number of aryl methyl sites for hydroxylation is 2. The smallest absolute Gasteiger partial charge is 0.336 e. The zero-order valence-corrected chi connectivity index (χ0v) is 16.9. The molecule has 1 saturated heterocycles. The summed E-state index contributed by atoms with van der Waals surface area (Å²) in [5.74, 6) is 0.427. The molecule has 1 fully saturated rings. The standard InChI is InChI=1S/C22H29NO5/c1-4-27-19(24)8-7-16-11-17-15(3)10-20(25)28-22(17)18(21(16)26)13-23-9-5-6-14(2)12-23/h10-11,14,26H,4-9,12-13H2,1-3H3. The molecule has 1 aliphatic rings. The highest BCUT2D eigenvalue weighted by Gasteiger charge is 2.22. The monoisotopic (exact) mass is 387 g/mol. The van der Waals surface area contributed by atoms with Gasteiger partial charge < -0.3 is 14.3 Å². The second kappa shape index (κ2) is 8.78. The number of likely N-dealkylation sites (tertiary alicyclic amines) is 1. The van der Waals surface area contributed by atoms with E-state index in [1.165, 1.54) is 12.5 Å². The summed E-state index contributed by atoms with van der Waals surface area (Å²) in [6.45, 7) is 8.62. The Labute approximate surface area is 165 Å². The molecule has 1 unspecified atom stereocenters. The van der Waals surface area contributed by atoms with Gasteiger partial charge in [-0.1, -0.05) is 6.92 Å². The molecule has 1 N–H and O–H groups in total. The van der Waals surface area contributed by atoms with Gasteiger partial charge in [-0.25, -0.2) is 4.79 Å².